The lowest BCUT2D eigenvalue weighted by molar-refractivity contribution is -0.385. The molecule has 116 valence electrons. The highest BCUT2D eigenvalue weighted by Gasteiger charge is 2.17. The molecule has 2 N–H and O–H groups in total. The van der Waals surface area contributed by atoms with Gasteiger partial charge in [0, 0.05) is 30.8 Å². The van der Waals surface area contributed by atoms with E-state index in [0.717, 1.165) is 13.0 Å². The number of nitro groups is 1. The first-order chi connectivity index (χ1) is 9.95. The van der Waals surface area contributed by atoms with Gasteiger partial charge in [0.1, 0.15) is 0 Å². The van der Waals surface area contributed by atoms with Gasteiger partial charge in [0.25, 0.3) is 5.91 Å². The highest BCUT2D eigenvalue weighted by molar-refractivity contribution is 5.94. The molecule has 0 saturated carbocycles. The summed E-state index contributed by atoms with van der Waals surface area (Å²) in [6.07, 6.45) is 0.722. The Hall–Kier alpha value is -2.15. The van der Waals surface area contributed by atoms with Crippen molar-refractivity contribution in [2.24, 2.45) is 0 Å². The topological polar surface area (TPSA) is 93.5 Å². The van der Waals surface area contributed by atoms with Crippen LogP contribution in [-0.4, -0.2) is 37.1 Å². The van der Waals surface area contributed by atoms with Crippen molar-refractivity contribution in [2.45, 2.75) is 26.3 Å². The van der Waals surface area contributed by atoms with Crippen LogP contribution >= 0.6 is 0 Å². The van der Waals surface area contributed by atoms with Crippen LogP contribution in [0.25, 0.3) is 0 Å². The summed E-state index contributed by atoms with van der Waals surface area (Å²) in [6.45, 7) is 5.19. The molecule has 0 aliphatic rings. The molecule has 21 heavy (non-hydrogen) atoms. The summed E-state index contributed by atoms with van der Waals surface area (Å²) in [5, 5.41) is 16.7. The quantitative estimate of drug-likeness (QED) is 0.433. The van der Waals surface area contributed by atoms with E-state index in [0.29, 0.717) is 18.2 Å². The smallest absolute Gasteiger partial charge is 0.310 e. The Bertz CT molecular complexity index is 503. The fraction of sp³-hybridized carbons (Fsp3) is 0.500. The molecule has 7 nitrogen and oxygen atoms in total. The van der Waals surface area contributed by atoms with Gasteiger partial charge in [-0.1, -0.05) is 13.8 Å². The third kappa shape index (κ3) is 5.39. The van der Waals surface area contributed by atoms with Crippen molar-refractivity contribution in [3.05, 3.63) is 33.9 Å². The molecule has 0 unspecified atom stereocenters. The number of rotatable bonds is 8. The predicted molar refractivity (Wildman–Crippen MR) is 79.7 cm³/mol. The molecule has 1 aromatic rings. The van der Waals surface area contributed by atoms with Crippen molar-refractivity contribution in [3.8, 4) is 5.75 Å². The summed E-state index contributed by atoms with van der Waals surface area (Å²) in [5.41, 5.74) is 0.192. The van der Waals surface area contributed by atoms with E-state index in [1.807, 2.05) is 13.8 Å². The molecule has 0 saturated heterocycles. The van der Waals surface area contributed by atoms with Crippen LogP contribution in [0, 0.1) is 10.1 Å². The van der Waals surface area contributed by atoms with Crippen LogP contribution in [0.2, 0.25) is 0 Å². The van der Waals surface area contributed by atoms with Crippen LogP contribution < -0.4 is 15.4 Å². The summed E-state index contributed by atoms with van der Waals surface area (Å²) < 4.78 is 5.45. The SMILES string of the molecule is CNC(=O)c1ccc([N+](=O)[O-])c(OCCCNC(C)C)c1. The van der Waals surface area contributed by atoms with Crippen LogP contribution in [0.5, 0.6) is 5.75 Å². The molecule has 0 spiro atoms. The lowest BCUT2D eigenvalue weighted by Gasteiger charge is -2.10. The van der Waals surface area contributed by atoms with Crippen LogP contribution in [0.3, 0.4) is 0 Å². The molecule has 1 aromatic carbocycles. The number of nitro benzene ring substituents is 1. The fourth-order valence-corrected chi connectivity index (χ4v) is 1.71. The van der Waals surface area contributed by atoms with E-state index >= 15 is 0 Å². The van der Waals surface area contributed by atoms with E-state index < -0.39 is 4.92 Å². The normalized spacial score (nSPS) is 10.5. The van der Waals surface area contributed by atoms with Gasteiger partial charge in [-0.15, -0.1) is 0 Å². The molecule has 0 fully saturated rings. The van der Waals surface area contributed by atoms with Gasteiger partial charge in [-0.05, 0) is 19.0 Å². The van der Waals surface area contributed by atoms with Gasteiger partial charge in [-0.25, -0.2) is 0 Å². The van der Waals surface area contributed by atoms with Crippen LogP contribution in [0.4, 0.5) is 5.69 Å². The van der Waals surface area contributed by atoms with Gasteiger partial charge in [-0.3, -0.25) is 14.9 Å². The predicted octanol–water partition coefficient (Wildman–Crippen LogP) is 1.72. The second kappa shape index (κ2) is 8.21. The number of nitrogens with zero attached hydrogens (tertiary/aromatic N) is 1. The molecular weight excluding hydrogens is 274 g/mol. The second-order valence-corrected chi connectivity index (χ2v) is 4.83. The standard InChI is InChI=1S/C14H21N3O4/c1-10(2)16-7-4-8-21-13-9-11(14(18)15-3)5-6-12(13)17(19)20/h5-6,9-10,16H,4,7-8H2,1-3H3,(H,15,18). The number of carbonyl (C=O) groups excluding carboxylic acids is 1. The van der Waals surface area contributed by atoms with E-state index in [4.69, 9.17) is 4.74 Å². The molecule has 0 aromatic heterocycles. The molecule has 0 aliphatic carbocycles. The Morgan fingerprint density at radius 3 is 2.71 bits per heavy atom. The molecule has 0 bridgehead atoms. The number of amides is 1. The lowest BCUT2D eigenvalue weighted by Crippen LogP contribution is -2.24. The minimum absolute atomic E-state index is 0.116. The maximum atomic E-state index is 11.6. The van der Waals surface area contributed by atoms with Gasteiger partial charge in [0.15, 0.2) is 5.75 Å². The first-order valence-corrected chi connectivity index (χ1v) is 6.82. The minimum atomic E-state index is -0.519. The number of ether oxygens (including phenoxy) is 1. The first-order valence-electron chi connectivity index (χ1n) is 6.82. The van der Waals surface area contributed by atoms with Crippen LogP contribution in [-0.2, 0) is 0 Å². The Morgan fingerprint density at radius 2 is 2.14 bits per heavy atom. The molecule has 0 atom stereocenters. The molecule has 0 heterocycles. The third-order valence-electron chi connectivity index (χ3n) is 2.78. The van der Waals surface area contributed by atoms with Gasteiger partial charge in [0.2, 0.25) is 0 Å². The number of hydrogen-bond donors (Lipinski definition) is 2. The Balaban J connectivity index is 2.72. The number of hydrogen-bond acceptors (Lipinski definition) is 5. The van der Waals surface area contributed by atoms with Crippen molar-refractivity contribution >= 4 is 11.6 Å². The highest BCUT2D eigenvalue weighted by atomic mass is 16.6. The maximum absolute atomic E-state index is 11.6. The Morgan fingerprint density at radius 1 is 1.43 bits per heavy atom. The average Bonchev–Trinajstić information content (AvgIpc) is 2.45. The molecular formula is C14H21N3O4. The molecule has 0 radical (unpaired) electrons. The minimum Gasteiger partial charge on any atom is -0.487 e. The fourth-order valence-electron chi connectivity index (χ4n) is 1.71. The number of benzene rings is 1. The largest absolute Gasteiger partial charge is 0.487 e. The monoisotopic (exact) mass is 295 g/mol. The third-order valence-corrected chi connectivity index (χ3v) is 2.78. The summed E-state index contributed by atoms with van der Waals surface area (Å²) >= 11 is 0. The second-order valence-electron chi connectivity index (χ2n) is 4.83. The zero-order valence-electron chi connectivity index (χ0n) is 12.5. The van der Waals surface area contributed by atoms with E-state index in [1.54, 1.807) is 0 Å². The molecule has 7 heteroatoms. The van der Waals surface area contributed by atoms with Crippen molar-refractivity contribution in [1.29, 1.82) is 0 Å². The molecule has 0 aliphatic heterocycles. The van der Waals surface area contributed by atoms with Crippen molar-refractivity contribution in [1.82, 2.24) is 10.6 Å². The summed E-state index contributed by atoms with van der Waals surface area (Å²) in [4.78, 5) is 22.0. The van der Waals surface area contributed by atoms with Gasteiger partial charge in [0.05, 0.1) is 11.5 Å². The Labute approximate surface area is 123 Å². The lowest BCUT2D eigenvalue weighted by atomic mass is 10.2. The molecule has 1 rings (SSSR count). The van der Waals surface area contributed by atoms with E-state index in [9.17, 15) is 14.9 Å². The van der Waals surface area contributed by atoms with Gasteiger partial charge < -0.3 is 15.4 Å². The van der Waals surface area contributed by atoms with Crippen LogP contribution in [0.15, 0.2) is 18.2 Å². The van der Waals surface area contributed by atoms with E-state index in [2.05, 4.69) is 10.6 Å². The van der Waals surface area contributed by atoms with Gasteiger partial charge in [-0.2, -0.15) is 0 Å². The van der Waals surface area contributed by atoms with Gasteiger partial charge >= 0.3 is 5.69 Å². The summed E-state index contributed by atoms with van der Waals surface area (Å²) in [5.74, 6) is -0.193. The number of nitrogens with one attached hydrogen (secondary N) is 2. The zero-order valence-corrected chi connectivity index (χ0v) is 12.5. The highest BCUT2D eigenvalue weighted by Crippen LogP contribution is 2.28. The Kier molecular flexibility index (Phi) is 6.61. The van der Waals surface area contributed by atoms with Crippen LogP contribution in [0.1, 0.15) is 30.6 Å². The van der Waals surface area contributed by atoms with Crippen molar-refractivity contribution < 1.29 is 14.5 Å². The van der Waals surface area contributed by atoms with E-state index in [-0.39, 0.29) is 17.3 Å². The van der Waals surface area contributed by atoms with E-state index in [1.165, 1.54) is 25.2 Å². The number of carbonyl (C=O) groups is 1. The zero-order chi connectivity index (χ0) is 15.8. The first kappa shape index (κ1) is 16.9. The average molecular weight is 295 g/mol. The van der Waals surface area contributed by atoms with Crippen molar-refractivity contribution in [2.75, 3.05) is 20.2 Å². The molecule has 1 amide bonds. The summed E-state index contributed by atoms with van der Waals surface area (Å²) in [7, 11) is 1.50. The van der Waals surface area contributed by atoms with Crippen molar-refractivity contribution in [3.63, 3.8) is 0 Å². The summed E-state index contributed by atoms with van der Waals surface area (Å²) in [6, 6.07) is 4.47. The maximum Gasteiger partial charge on any atom is 0.310 e.